The van der Waals surface area contributed by atoms with Gasteiger partial charge in [-0.25, -0.2) is 4.79 Å². The van der Waals surface area contributed by atoms with Crippen LogP contribution in [-0.4, -0.2) is 82.1 Å². The van der Waals surface area contributed by atoms with Crippen LogP contribution in [0.5, 0.6) is 5.75 Å². The first-order valence-corrected chi connectivity index (χ1v) is 12.7. The Kier molecular flexibility index (Phi) is 7.91. The SMILES string of the molecule is COC(=O)c1cc(N)cc(-c2ccc(O)c3c2C[C@H]2C[C@H](O)C(N(C)C)/C(O)=C(/C(N)=O)C(=O)CC(=O)C2=C3O)c1. The molecule has 0 bridgehead atoms. The third-order valence-corrected chi connectivity index (χ3v) is 7.46. The Morgan fingerprint density at radius 1 is 1.05 bits per heavy atom. The molecule has 1 unspecified atom stereocenters. The standard InChI is InChI=1S/C29H31N3O9/c1-32(2)25-21(36)10-13-9-17-16(12-6-14(29(40)41-3)8-15(30)7-12)4-5-18(33)23(17)26(37)22(13)19(34)11-20(35)24(27(25)38)28(31)39/h4-8,13,21,25,33,36-38H,9-11,30H2,1-3H3,(H2,31,39)/b27-24-/t13-,21-,25?/m0/s1. The number of ketones is 2. The van der Waals surface area contributed by atoms with Gasteiger partial charge in [0.15, 0.2) is 11.6 Å². The average molecular weight is 566 g/mol. The van der Waals surface area contributed by atoms with E-state index in [1.54, 1.807) is 12.1 Å². The monoisotopic (exact) mass is 565 g/mol. The number of aliphatic hydroxyl groups is 3. The fraction of sp³-hybridized carbons (Fsp3) is 0.310. The van der Waals surface area contributed by atoms with Crippen LogP contribution in [0.3, 0.4) is 0 Å². The lowest BCUT2D eigenvalue weighted by Gasteiger charge is -2.35. The number of ether oxygens (including phenoxy) is 1. The molecule has 0 spiro atoms. The fourth-order valence-corrected chi connectivity index (χ4v) is 5.74. The molecule has 12 heteroatoms. The molecule has 0 saturated heterocycles. The summed E-state index contributed by atoms with van der Waals surface area (Å²) in [5, 5.41) is 44.3. The maximum Gasteiger partial charge on any atom is 0.337 e. The number of anilines is 1. The van der Waals surface area contributed by atoms with Crippen molar-refractivity contribution in [1.29, 1.82) is 0 Å². The Labute approximate surface area is 235 Å². The molecule has 0 saturated carbocycles. The normalized spacial score (nSPS) is 23.2. The Hall–Kier alpha value is -4.68. The van der Waals surface area contributed by atoms with Crippen LogP contribution in [-0.2, 0) is 25.5 Å². The Morgan fingerprint density at radius 3 is 2.34 bits per heavy atom. The van der Waals surface area contributed by atoms with E-state index in [4.69, 9.17) is 16.2 Å². The minimum Gasteiger partial charge on any atom is -0.510 e. The number of carbonyl (C=O) groups excluding carboxylic acids is 4. The number of phenols is 1. The number of hydrogen-bond acceptors (Lipinski definition) is 11. The van der Waals surface area contributed by atoms with Crippen LogP contribution in [0.4, 0.5) is 5.69 Å². The molecular weight excluding hydrogens is 534 g/mol. The van der Waals surface area contributed by atoms with Crippen molar-refractivity contribution in [3.63, 3.8) is 0 Å². The number of carbonyl (C=O) groups is 4. The van der Waals surface area contributed by atoms with Gasteiger partial charge in [-0.05, 0) is 73.8 Å². The van der Waals surface area contributed by atoms with Gasteiger partial charge in [-0.2, -0.15) is 0 Å². The van der Waals surface area contributed by atoms with Gasteiger partial charge in [-0.15, -0.1) is 0 Å². The summed E-state index contributed by atoms with van der Waals surface area (Å²) in [6.07, 6.45) is -2.48. The van der Waals surface area contributed by atoms with Crippen LogP contribution in [0.2, 0.25) is 0 Å². The van der Waals surface area contributed by atoms with E-state index in [1.165, 1.54) is 44.3 Å². The highest BCUT2D eigenvalue weighted by Gasteiger charge is 2.41. The van der Waals surface area contributed by atoms with Gasteiger partial charge in [0.1, 0.15) is 22.8 Å². The second-order valence-corrected chi connectivity index (χ2v) is 10.3. The molecule has 0 aromatic heterocycles. The molecule has 0 heterocycles. The number of aromatic hydroxyl groups is 1. The number of fused-ring (bicyclic) bond motifs is 2. The first-order chi connectivity index (χ1) is 19.3. The number of rotatable bonds is 4. The second-order valence-electron chi connectivity index (χ2n) is 10.3. The summed E-state index contributed by atoms with van der Waals surface area (Å²) in [5.41, 5.74) is 12.1. The third-order valence-electron chi connectivity index (χ3n) is 7.46. The zero-order chi connectivity index (χ0) is 30.3. The first-order valence-electron chi connectivity index (χ1n) is 12.7. The Morgan fingerprint density at radius 2 is 1.73 bits per heavy atom. The maximum atomic E-state index is 13.4. The third kappa shape index (κ3) is 5.26. The van der Waals surface area contributed by atoms with E-state index in [0.29, 0.717) is 16.7 Å². The Balaban J connectivity index is 1.94. The highest BCUT2D eigenvalue weighted by atomic mass is 16.5. The maximum absolute atomic E-state index is 13.4. The largest absolute Gasteiger partial charge is 0.510 e. The summed E-state index contributed by atoms with van der Waals surface area (Å²) >= 11 is 0. The number of esters is 1. The number of nitrogen functional groups attached to an aromatic ring is 1. The van der Waals surface area contributed by atoms with Crippen molar-refractivity contribution in [2.75, 3.05) is 26.9 Å². The van der Waals surface area contributed by atoms with Crippen LogP contribution in [0, 0.1) is 5.92 Å². The van der Waals surface area contributed by atoms with E-state index in [2.05, 4.69) is 0 Å². The molecule has 12 nitrogen and oxygen atoms in total. The number of amides is 1. The number of Topliss-reactive ketones (excluding diaryl/α,β-unsaturated/α-hetero) is 2. The molecule has 2 aliphatic carbocycles. The molecule has 0 fully saturated rings. The van der Waals surface area contributed by atoms with Gasteiger partial charge in [-0.3, -0.25) is 19.3 Å². The van der Waals surface area contributed by atoms with Crippen LogP contribution in [0.25, 0.3) is 16.9 Å². The van der Waals surface area contributed by atoms with Gasteiger partial charge >= 0.3 is 5.97 Å². The lowest BCUT2D eigenvalue weighted by atomic mass is 9.73. The van der Waals surface area contributed by atoms with Gasteiger partial charge in [-0.1, -0.05) is 6.07 Å². The Bertz CT molecular complexity index is 1540. The predicted octanol–water partition coefficient (Wildman–Crippen LogP) is 1.39. The molecule has 41 heavy (non-hydrogen) atoms. The smallest absolute Gasteiger partial charge is 0.337 e. The number of hydrogen-bond donors (Lipinski definition) is 6. The average Bonchev–Trinajstić information content (AvgIpc) is 2.86. The molecular formula is C29H31N3O9. The van der Waals surface area contributed by atoms with Crippen molar-refractivity contribution in [3.8, 4) is 16.9 Å². The predicted molar refractivity (Wildman–Crippen MR) is 148 cm³/mol. The lowest BCUT2D eigenvalue weighted by Crippen LogP contribution is -2.45. The second kappa shape index (κ2) is 11.1. The zero-order valence-corrected chi connectivity index (χ0v) is 22.7. The van der Waals surface area contributed by atoms with Crippen LogP contribution < -0.4 is 11.5 Å². The molecule has 2 aromatic rings. The number of primary amides is 1. The molecule has 0 aliphatic heterocycles. The molecule has 3 atom stereocenters. The van der Waals surface area contributed by atoms with Gasteiger partial charge in [0.25, 0.3) is 5.91 Å². The van der Waals surface area contributed by atoms with Gasteiger partial charge in [0.05, 0.1) is 36.8 Å². The fourth-order valence-electron chi connectivity index (χ4n) is 5.74. The van der Waals surface area contributed by atoms with E-state index < -0.39 is 65.0 Å². The number of phenolic OH excluding ortho intramolecular Hbond substituents is 1. The van der Waals surface area contributed by atoms with Crippen LogP contribution in [0.15, 0.2) is 47.2 Å². The number of benzene rings is 2. The van der Waals surface area contributed by atoms with E-state index in [0.717, 1.165) is 0 Å². The summed E-state index contributed by atoms with van der Waals surface area (Å²) in [5.74, 6) is -6.37. The van der Waals surface area contributed by atoms with Crippen molar-refractivity contribution in [1.82, 2.24) is 4.90 Å². The number of methoxy groups -OCH3 is 1. The first kappa shape index (κ1) is 29.3. The van der Waals surface area contributed by atoms with Crippen LogP contribution >= 0.6 is 0 Å². The molecule has 1 amide bonds. The summed E-state index contributed by atoms with van der Waals surface area (Å²) in [7, 11) is 4.26. The summed E-state index contributed by atoms with van der Waals surface area (Å²) in [4.78, 5) is 52.1. The minimum atomic E-state index is -1.42. The van der Waals surface area contributed by atoms with E-state index in [9.17, 15) is 39.6 Å². The van der Waals surface area contributed by atoms with E-state index >= 15 is 0 Å². The van der Waals surface area contributed by atoms with Crippen molar-refractivity contribution < 1.29 is 44.3 Å². The molecule has 8 N–H and O–H groups in total. The quantitative estimate of drug-likeness (QED) is 0.135. The van der Waals surface area contributed by atoms with Gasteiger partial charge in [0.2, 0.25) is 0 Å². The molecule has 2 aromatic carbocycles. The van der Waals surface area contributed by atoms with Crippen LogP contribution in [0.1, 0.15) is 34.3 Å². The number of aliphatic hydroxyl groups excluding tert-OH is 3. The van der Waals surface area contributed by atoms with Crippen molar-refractivity contribution >= 4 is 34.9 Å². The van der Waals surface area contributed by atoms with Gasteiger partial charge in [0, 0.05) is 11.3 Å². The molecule has 2 aliphatic rings. The number of allylic oxidation sites excluding steroid dienone is 1. The number of nitrogens with two attached hydrogens (primary N) is 2. The van der Waals surface area contributed by atoms with Crippen molar-refractivity contribution in [2.45, 2.75) is 31.4 Å². The molecule has 0 radical (unpaired) electrons. The summed E-state index contributed by atoms with van der Waals surface area (Å²) in [6.45, 7) is 0. The molecule has 216 valence electrons. The lowest BCUT2D eigenvalue weighted by molar-refractivity contribution is -0.125. The van der Waals surface area contributed by atoms with Crippen molar-refractivity contribution in [3.05, 3.63) is 63.9 Å². The highest BCUT2D eigenvalue weighted by molar-refractivity contribution is 6.25. The zero-order valence-electron chi connectivity index (χ0n) is 22.7. The van der Waals surface area contributed by atoms with Gasteiger partial charge < -0.3 is 36.6 Å². The summed E-state index contributed by atoms with van der Waals surface area (Å²) in [6, 6.07) is 6.21. The number of likely N-dealkylation sites (N-methyl/N-ethyl adjacent to an activating group) is 1. The van der Waals surface area contributed by atoms with E-state index in [-0.39, 0.29) is 41.0 Å². The van der Waals surface area contributed by atoms with E-state index in [1.807, 2.05) is 0 Å². The summed E-state index contributed by atoms with van der Waals surface area (Å²) < 4.78 is 4.81. The highest BCUT2D eigenvalue weighted by Crippen LogP contribution is 2.45. The van der Waals surface area contributed by atoms with Crippen molar-refractivity contribution in [2.24, 2.45) is 11.7 Å². The molecule has 4 rings (SSSR count). The minimum absolute atomic E-state index is 0.0190. The number of nitrogens with zero attached hydrogens (tertiary/aromatic N) is 1. The topological polar surface area (TPSA) is 214 Å².